The molecule has 29 heavy (non-hydrogen) atoms. The number of carbonyl (C=O) groups excluding carboxylic acids is 1. The number of nitrogens with one attached hydrogen (secondary N) is 1. The second kappa shape index (κ2) is 9.44. The Kier molecular flexibility index (Phi) is 6.96. The quantitative estimate of drug-likeness (QED) is 0.503. The third-order valence-corrected chi connectivity index (χ3v) is 6.52. The Morgan fingerprint density at radius 3 is 2.76 bits per heavy atom. The number of hydrogen-bond acceptors (Lipinski definition) is 5. The minimum absolute atomic E-state index is 0.142. The molecule has 3 aromatic rings. The number of thiophene rings is 1. The summed E-state index contributed by atoms with van der Waals surface area (Å²) in [4.78, 5) is 16.1. The molecule has 0 unspecified atom stereocenters. The van der Waals surface area contributed by atoms with Crippen LogP contribution in [-0.4, -0.2) is 28.5 Å². The van der Waals surface area contributed by atoms with E-state index in [1.165, 1.54) is 4.88 Å². The summed E-state index contributed by atoms with van der Waals surface area (Å²) in [6.45, 7) is 8.04. The van der Waals surface area contributed by atoms with Crippen molar-refractivity contribution in [2.75, 3.05) is 18.4 Å². The smallest absolute Gasteiger partial charge is 0.239 e. The van der Waals surface area contributed by atoms with Crippen LogP contribution in [0.4, 0.5) is 5.82 Å². The predicted octanol–water partition coefficient (Wildman–Crippen LogP) is 4.90. The number of aromatic nitrogens is 1. The van der Waals surface area contributed by atoms with Crippen LogP contribution in [0.1, 0.15) is 34.4 Å². The minimum Gasteiger partial charge on any atom is -0.467 e. The Labute approximate surface area is 182 Å². The molecule has 0 bridgehead atoms. The Hall–Kier alpha value is -2.34. The topological polar surface area (TPSA) is 74.2 Å². The Morgan fingerprint density at radius 2 is 2.17 bits per heavy atom. The van der Waals surface area contributed by atoms with Crippen molar-refractivity contribution in [2.45, 2.75) is 33.9 Å². The van der Waals surface area contributed by atoms with Crippen LogP contribution in [0.15, 0.2) is 38.7 Å². The van der Waals surface area contributed by atoms with E-state index in [0.29, 0.717) is 24.5 Å². The number of carbonyl (C=O) groups is 1. The fourth-order valence-corrected chi connectivity index (χ4v) is 4.72. The van der Waals surface area contributed by atoms with Gasteiger partial charge in [0.05, 0.1) is 28.7 Å². The zero-order valence-corrected chi connectivity index (χ0v) is 19.1. The summed E-state index contributed by atoms with van der Waals surface area (Å²) in [6, 6.07) is 10.0. The van der Waals surface area contributed by atoms with Crippen molar-refractivity contribution in [3.63, 3.8) is 0 Å². The molecule has 3 aromatic heterocycles. The van der Waals surface area contributed by atoms with Gasteiger partial charge in [0.1, 0.15) is 17.6 Å². The van der Waals surface area contributed by atoms with Crippen LogP contribution in [0, 0.1) is 25.2 Å². The number of hydrogen-bond donors (Lipinski definition) is 1. The van der Waals surface area contributed by atoms with Crippen LogP contribution >= 0.6 is 27.3 Å². The van der Waals surface area contributed by atoms with Gasteiger partial charge in [0.25, 0.3) is 0 Å². The molecular formula is C21H23BrN4O2S. The third kappa shape index (κ3) is 4.99. The molecule has 0 aliphatic heterocycles. The first-order chi connectivity index (χ1) is 13.9. The van der Waals surface area contributed by atoms with Crippen molar-refractivity contribution in [3.8, 4) is 6.07 Å². The molecule has 152 valence electrons. The summed E-state index contributed by atoms with van der Waals surface area (Å²) in [5.74, 6) is 1.15. The largest absolute Gasteiger partial charge is 0.467 e. The molecular weight excluding hydrogens is 452 g/mol. The van der Waals surface area contributed by atoms with Crippen molar-refractivity contribution < 1.29 is 9.21 Å². The molecule has 3 rings (SSSR count). The zero-order chi connectivity index (χ0) is 21.0. The van der Waals surface area contributed by atoms with Gasteiger partial charge in [-0.25, -0.2) is 0 Å². The molecule has 0 aromatic carbocycles. The molecule has 0 aliphatic carbocycles. The Balaban J connectivity index is 1.78. The standard InChI is InChI=1S/C21H23BrN4O2S/c1-4-25(12-17-7-8-19(22)29-17)13-20(27)24-21-18(10-23)14(2)15(3)26(21)11-16-6-5-9-28-16/h5-9H,4,11-13H2,1-3H3,(H,24,27). The van der Waals surface area contributed by atoms with Crippen LogP contribution in [0.25, 0.3) is 0 Å². The third-order valence-electron chi connectivity index (χ3n) is 4.92. The predicted molar refractivity (Wildman–Crippen MR) is 118 cm³/mol. The number of halogens is 1. The van der Waals surface area contributed by atoms with Crippen LogP contribution < -0.4 is 5.32 Å². The van der Waals surface area contributed by atoms with Gasteiger partial charge in [-0.1, -0.05) is 6.92 Å². The van der Waals surface area contributed by atoms with Gasteiger partial charge < -0.3 is 14.3 Å². The average Bonchev–Trinajstić information content (AvgIpc) is 3.40. The molecule has 0 radical (unpaired) electrons. The van der Waals surface area contributed by atoms with Crippen molar-refractivity contribution >= 4 is 39.0 Å². The summed E-state index contributed by atoms with van der Waals surface area (Å²) in [6.07, 6.45) is 1.62. The number of nitriles is 1. The lowest BCUT2D eigenvalue weighted by Gasteiger charge is -2.19. The van der Waals surface area contributed by atoms with Gasteiger partial charge >= 0.3 is 0 Å². The number of anilines is 1. The molecule has 0 saturated heterocycles. The zero-order valence-electron chi connectivity index (χ0n) is 16.7. The number of furan rings is 1. The molecule has 1 amide bonds. The fourth-order valence-electron chi connectivity index (χ4n) is 3.20. The summed E-state index contributed by atoms with van der Waals surface area (Å²) in [7, 11) is 0. The highest BCUT2D eigenvalue weighted by Crippen LogP contribution is 2.28. The highest BCUT2D eigenvalue weighted by atomic mass is 79.9. The van der Waals surface area contributed by atoms with E-state index < -0.39 is 0 Å². The SMILES string of the molecule is CCN(CC(=O)Nc1c(C#N)c(C)c(C)n1Cc1ccco1)Cc1ccc(Br)s1. The van der Waals surface area contributed by atoms with Crippen LogP contribution in [0.5, 0.6) is 0 Å². The molecule has 3 heterocycles. The summed E-state index contributed by atoms with van der Waals surface area (Å²) < 4.78 is 8.46. The first-order valence-corrected chi connectivity index (χ1v) is 10.9. The van der Waals surface area contributed by atoms with Gasteiger partial charge in [0, 0.05) is 17.1 Å². The van der Waals surface area contributed by atoms with E-state index in [2.05, 4.69) is 38.3 Å². The second-order valence-electron chi connectivity index (χ2n) is 6.77. The van der Waals surface area contributed by atoms with E-state index in [1.54, 1.807) is 17.6 Å². The highest BCUT2D eigenvalue weighted by molar-refractivity contribution is 9.11. The molecule has 8 heteroatoms. The minimum atomic E-state index is -0.142. The lowest BCUT2D eigenvalue weighted by atomic mass is 10.2. The van der Waals surface area contributed by atoms with E-state index in [1.807, 2.05) is 43.5 Å². The van der Waals surface area contributed by atoms with E-state index in [9.17, 15) is 10.1 Å². The molecule has 0 atom stereocenters. The Bertz CT molecular complexity index is 1030. The number of likely N-dealkylation sites (N-methyl/N-ethyl adjacent to an activating group) is 1. The van der Waals surface area contributed by atoms with Gasteiger partial charge in [-0.3, -0.25) is 9.69 Å². The highest BCUT2D eigenvalue weighted by Gasteiger charge is 2.21. The van der Waals surface area contributed by atoms with Crippen LogP contribution in [-0.2, 0) is 17.9 Å². The molecule has 0 fully saturated rings. The monoisotopic (exact) mass is 474 g/mol. The maximum Gasteiger partial charge on any atom is 0.239 e. The van der Waals surface area contributed by atoms with Gasteiger partial charge in [0.2, 0.25) is 5.91 Å². The molecule has 1 N–H and O–H groups in total. The molecule has 6 nitrogen and oxygen atoms in total. The average molecular weight is 475 g/mol. The fraction of sp³-hybridized carbons (Fsp3) is 0.333. The van der Waals surface area contributed by atoms with Gasteiger partial charge in [0.15, 0.2) is 0 Å². The first kappa shape index (κ1) is 21.4. The number of rotatable bonds is 8. The number of nitrogens with zero attached hydrogens (tertiary/aromatic N) is 3. The van der Waals surface area contributed by atoms with Gasteiger partial charge in [-0.15, -0.1) is 11.3 Å². The van der Waals surface area contributed by atoms with Crippen molar-refractivity contribution in [1.29, 1.82) is 5.26 Å². The molecule has 0 spiro atoms. The van der Waals surface area contributed by atoms with E-state index in [0.717, 1.165) is 27.3 Å². The van der Waals surface area contributed by atoms with Crippen molar-refractivity contribution in [1.82, 2.24) is 9.47 Å². The Morgan fingerprint density at radius 1 is 1.38 bits per heavy atom. The van der Waals surface area contributed by atoms with E-state index in [4.69, 9.17) is 4.42 Å². The maximum absolute atomic E-state index is 12.8. The normalized spacial score (nSPS) is 11.0. The van der Waals surface area contributed by atoms with E-state index >= 15 is 0 Å². The van der Waals surface area contributed by atoms with Crippen molar-refractivity contribution in [2.24, 2.45) is 0 Å². The second-order valence-corrected chi connectivity index (χ2v) is 9.32. The van der Waals surface area contributed by atoms with Crippen LogP contribution in [0.2, 0.25) is 0 Å². The number of amides is 1. The van der Waals surface area contributed by atoms with Crippen molar-refractivity contribution in [3.05, 3.63) is 61.8 Å². The lowest BCUT2D eigenvalue weighted by Crippen LogP contribution is -2.33. The molecule has 0 aliphatic rings. The van der Waals surface area contributed by atoms with Gasteiger partial charge in [-0.05, 0) is 66.2 Å². The van der Waals surface area contributed by atoms with Crippen LogP contribution in [0.3, 0.4) is 0 Å². The lowest BCUT2D eigenvalue weighted by molar-refractivity contribution is -0.117. The molecule has 0 saturated carbocycles. The maximum atomic E-state index is 12.8. The van der Waals surface area contributed by atoms with Gasteiger partial charge in [-0.2, -0.15) is 5.26 Å². The summed E-state index contributed by atoms with van der Waals surface area (Å²) >= 11 is 5.14. The van der Waals surface area contributed by atoms with E-state index in [-0.39, 0.29) is 12.5 Å². The first-order valence-electron chi connectivity index (χ1n) is 9.31. The summed E-state index contributed by atoms with van der Waals surface area (Å²) in [5.41, 5.74) is 2.29. The summed E-state index contributed by atoms with van der Waals surface area (Å²) in [5, 5.41) is 12.6.